The fraction of sp³-hybridized carbons (Fsp3) is 0. The molecule has 0 saturated carbocycles. The highest BCUT2D eigenvalue weighted by molar-refractivity contribution is 6.15. The second-order valence-electron chi connectivity index (χ2n) is 13.3. The summed E-state index contributed by atoms with van der Waals surface area (Å²) < 4.78 is 0. The van der Waals surface area contributed by atoms with Crippen LogP contribution in [-0.2, 0) is 0 Å². The van der Waals surface area contributed by atoms with Crippen molar-refractivity contribution >= 4 is 22.2 Å². The fourth-order valence-corrected chi connectivity index (χ4v) is 6.95. The number of para-hydroxylation sites is 1. The van der Waals surface area contributed by atoms with Crippen molar-refractivity contribution in [2.45, 2.75) is 0 Å². The van der Waals surface area contributed by atoms with E-state index in [0.717, 1.165) is 83.9 Å². The van der Waals surface area contributed by atoms with Gasteiger partial charge in [-0.3, -0.25) is 4.98 Å². The molecule has 9 aromatic rings. The van der Waals surface area contributed by atoms with E-state index in [1.807, 2.05) is 42.6 Å². The van der Waals surface area contributed by atoms with Crippen molar-refractivity contribution in [3.05, 3.63) is 224 Å². The first-order chi connectivity index (χ1) is 26.7. The Balaban J connectivity index is 1.30. The first kappa shape index (κ1) is 32.7. The lowest BCUT2D eigenvalue weighted by atomic mass is 9.93. The molecule has 2 heterocycles. The van der Waals surface area contributed by atoms with Crippen molar-refractivity contribution in [2.75, 3.05) is 0 Å². The molecule has 2 aromatic heterocycles. The molecular formula is C51H35N3. The van der Waals surface area contributed by atoms with Gasteiger partial charge < -0.3 is 0 Å². The van der Waals surface area contributed by atoms with Crippen LogP contribution < -0.4 is 0 Å². The first-order valence-corrected chi connectivity index (χ1v) is 18.2. The van der Waals surface area contributed by atoms with Gasteiger partial charge in [0.15, 0.2) is 0 Å². The fourth-order valence-electron chi connectivity index (χ4n) is 6.95. The molecule has 3 nitrogen and oxygen atoms in total. The minimum absolute atomic E-state index is 0.764. The Labute approximate surface area is 315 Å². The maximum Gasteiger partial charge on any atom is 0.0966 e. The average molecular weight is 690 g/mol. The number of aromatic nitrogens is 2. The van der Waals surface area contributed by atoms with E-state index in [1.54, 1.807) is 0 Å². The van der Waals surface area contributed by atoms with Gasteiger partial charge in [-0.1, -0.05) is 146 Å². The lowest BCUT2D eigenvalue weighted by Crippen LogP contribution is -2.08. The zero-order chi connectivity index (χ0) is 36.1. The van der Waals surface area contributed by atoms with Crippen LogP contribution in [0.5, 0.6) is 0 Å². The van der Waals surface area contributed by atoms with Gasteiger partial charge in [0.2, 0.25) is 0 Å². The zero-order valence-corrected chi connectivity index (χ0v) is 29.5. The molecule has 0 bridgehead atoms. The largest absolute Gasteiger partial charge is 0.256 e. The normalized spacial score (nSPS) is 11.4. The van der Waals surface area contributed by atoms with Crippen molar-refractivity contribution in [1.82, 2.24) is 9.97 Å². The zero-order valence-electron chi connectivity index (χ0n) is 29.5. The van der Waals surface area contributed by atoms with Crippen LogP contribution in [0.3, 0.4) is 0 Å². The number of hydrogen-bond donors (Lipinski definition) is 0. The molecule has 0 unspecified atom stereocenters. The summed E-state index contributed by atoms with van der Waals surface area (Å²) in [7, 11) is 0. The van der Waals surface area contributed by atoms with E-state index in [2.05, 4.69) is 170 Å². The standard InChI is InChI=1S/C51H35N3/c1-5-15-36(16-6-1)41-27-28-52-48(33-41)46-34-49(45-31-43(37-17-7-2-8-18-37)30-44(32-45)38-19-9-3-10-20-38)54-50(35-46)51(53-47-23-11-4-12-24-47)42-26-25-39-21-13-14-22-40(39)29-42/h1-35H. The third-order valence-electron chi connectivity index (χ3n) is 9.69. The lowest BCUT2D eigenvalue weighted by molar-refractivity contribution is 1.26. The number of fused-ring (bicyclic) bond motifs is 1. The Morgan fingerprint density at radius 1 is 0.352 bits per heavy atom. The number of aliphatic imine (C=N–C) groups is 1. The van der Waals surface area contributed by atoms with Gasteiger partial charge in [0.05, 0.1) is 28.5 Å². The summed E-state index contributed by atoms with van der Waals surface area (Å²) in [5.41, 5.74) is 13.8. The van der Waals surface area contributed by atoms with Gasteiger partial charge >= 0.3 is 0 Å². The molecule has 0 spiro atoms. The predicted molar refractivity (Wildman–Crippen MR) is 225 cm³/mol. The third-order valence-corrected chi connectivity index (χ3v) is 9.69. The van der Waals surface area contributed by atoms with Gasteiger partial charge in [0.25, 0.3) is 0 Å². The van der Waals surface area contributed by atoms with Crippen LogP contribution in [0.1, 0.15) is 11.3 Å². The Bertz CT molecular complexity index is 2680. The summed E-state index contributed by atoms with van der Waals surface area (Å²) in [4.78, 5) is 15.7. The second-order valence-corrected chi connectivity index (χ2v) is 13.3. The monoisotopic (exact) mass is 689 g/mol. The van der Waals surface area contributed by atoms with E-state index in [-0.39, 0.29) is 0 Å². The Kier molecular flexibility index (Phi) is 8.94. The van der Waals surface area contributed by atoms with Crippen molar-refractivity contribution in [1.29, 1.82) is 0 Å². The summed E-state index contributed by atoms with van der Waals surface area (Å²) in [6.07, 6.45) is 1.89. The second kappa shape index (κ2) is 14.8. The molecule has 9 rings (SSSR count). The van der Waals surface area contributed by atoms with E-state index < -0.39 is 0 Å². The minimum atomic E-state index is 0.764. The molecule has 0 amide bonds. The molecule has 0 saturated heterocycles. The molecule has 0 radical (unpaired) electrons. The molecule has 254 valence electrons. The third kappa shape index (κ3) is 6.99. The molecule has 0 aliphatic carbocycles. The van der Waals surface area contributed by atoms with Gasteiger partial charge in [-0.05, 0) is 105 Å². The van der Waals surface area contributed by atoms with Gasteiger partial charge in [0, 0.05) is 22.9 Å². The lowest BCUT2D eigenvalue weighted by Gasteiger charge is -2.15. The van der Waals surface area contributed by atoms with Crippen molar-refractivity contribution < 1.29 is 0 Å². The summed E-state index contributed by atoms with van der Waals surface area (Å²) >= 11 is 0. The topological polar surface area (TPSA) is 38.1 Å². The summed E-state index contributed by atoms with van der Waals surface area (Å²) in [6.45, 7) is 0. The predicted octanol–water partition coefficient (Wildman–Crippen LogP) is 13.1. The Morgan fingerprint density at radius 2 is 0.870 bits per heavy atom. The maximum atomic E-state index is 5.47. The van der Waals surface area contributed by atoms with E-state index in [0.29, 0.717) is 0 Å². The van der Waals surface area contributed by atoms with Gasteiger partial charge in [-0.15, -0.1) is 0 Å². The maximum absolute atomic E-state index is 5.47. The highest BCUT2D eigenvalue weighted by atomic mass is 14.8. The van der Waals surface area contributed by atoms with Crippen LogP contribution in [-0.4, -0.2) is 15.7 Å². The molecule has 0 aliphatic heterocycles. The van der Waals surface area contributed by atoms with Gasteiger partial charge in [-0.25, -0.2) is 9.98 Å². The molecule has 0 N–H and O–H groups in total. The van der Waals surface area contributed by atoms with Crippen molar-refractivity contribution in [2.24, 2.45) is 4.99 Å². The summed E-state index contributed by atoms with van der Waals surface area (Å²) in [6, 6.07) is 71.9. The number of rotatable bonds is 8. The molecule has 0 aliphatic rings. The highest BCUT2D eigenvalue weighted by Gasteiger charge is 2.17. The van der Waals surface area contributed by atoms with Crippen LogP contribution in [0.25, 0.3) is 66.7 Å². The smallest absolute Gasteiger partial charge is 0.0966 e. The Hall–Kier alpha value is -7.23. The molecule has 3 heteroatoms. The van der Waals surface area contributed by atoms with Gasteiger partial charge in [-0.2, -0.15) is 0 Å². The van der Waals surface area contributed by atoms with E-state index in [1.165, 1.54) is 5.39 Å². The van der Waals surface area contributed by atoms with Crippen LogP contribution in [0.2, 0.25) is 0 Å². The van der Waals surface area contributed by atoms with Crippen LogP contribution in [0.4, 0.5) is 5.69 Å². The number of pyridine rings is 2. The van der Waals surface area contributed by atoms with Crippen LogP contribution in [0.15, 0.2) is 217 Å². The Morgan fingerprint density at radius 3 is 1.52 bits per heavy atom. The highest BCUT2D eigenvalue weighted by Crippen LogP contribution is 2.35. The summed E-state index contributed by atoms with van der Waals surface area (Å²) in [5, 5.41) is 2.32. The number of nitrogens with zero attached hydrogens (tertiary/aromatic N) is 3. The number of hydrogen-bond acceptors (Lipinski definition) is 3. The van der Waals surface area contributed by atoms with E-state index in [4.69, 9.17) is 15.0 Å². The van der Waals surface area contributed by atoms with Gasteiger partial charge in [0.1, 0.15) is 0 Å². The average Bonchev–Trinajstić information content (AvgIpc) is 3.26. The number of benzene rings is 7. The van der Waals surface area contributed by atoms with Crippen molar-refractivity contribution in [3.63, 3.8) is 0 Å². The summed E-state index contributed by atoms with van der Waals surface area (Å²) in [5.74, 6) is 0. The van der Waals surface area contributed by atoms with E-state index >= 15 is 0 Å². The first-order valence-electron chi connectivity index (χ1n) is 18.2. The molecule has 7 aromatic carbocycles. The van der Waals surface area contributed by atoms with E-state index in [9.17, 15) is 0 Å². The van der Waals surface area contributed by atoms with Crippen molar-refractivity contribution in [3.8, 4) is 55.9 Å². The van der Waals surface area contributed by atoms with Crippen LogP contribution >= 0.6 is 0 Å². The molecule has 54 heavy (non-hydrogen) atoms. The molecular weight excluding hydrogens is 655 g/mol. The quantitative estimate of drug-likeness (QED) is 0.149. The minimum Gasteiger partial charge on any atom is -0.256 e. The molecule has 0 fully saturated rings. The SMILES string of the molecule is c1ccc(N=C(c2ccc3ccccc3c2)c2cc(-c3cc(-c4ccccc4)ccn3)cc(-c3cc(-c4ccccc4)cc(-c4ccccc4)c3)n2)cc1. The van der Waals surface area contributed by atoms with Crippen LogP contribution in [0, 0.1) is 0 Å². The molecule has 0 atom stereocenters.